The fourth-order valence-electron chi connectivity index (χ4n) is 4.85. The van der Waals surface area contributed by atoms with Gasteiger partial charge < -0.3 is 14.8 Å². The standard InChI is InChI=1S/C20H22N2O2S/c23-22-11-9-15(10-12-22)16(14-22)13-21-17-5-1-3-7-19(17)25(24)20-8-4-2-6-18(20)21/h1-8,15-16H,9-14H2. The summed E-state index contributed by atoms with van der Waals surface area (Å²) in [5.74, 6) is 1.06. The topological polar surface area (TPSA) is 43.4 Å². The molecule has 6 rings (SSSR count). The smallest absolute Gasteiger partial charge is 0.0892 e. The second-order valence-electron chi connectivity index (χ2n) is 7.60. The van der Waals surface area contributed by atoms with Crippen molar-refractivity contribution >= 4 is 22.2 Å². The van der Waals surface area contributed by atoms with Gasteiger partial charge >= 0.3 is 0 Å². The number of anilines is 2. The van der Waals surface area contributed by atoms with Gasteiger partial charge in [-0.2, -0.15) is 0 Å². The zero-order valence-corrected chi connectivity index (χ0v) is 15.0. The average molecular weight is 354 g/mol. The molecule has 2 aromatic rings. The predicted molar refractivity (Wildman–Crippen MR) is 99.0 cm³/mol. The van der Waals surface area contributed by atoms with Crippen molar-refractivity contribution in [2.45, 2.75) is 22.6 Å². The first-order chi connectivity index (χ1) is 12.1. The molecule has 0 aromatic heterocycles. The van der Waals surface area contributed by atoms with E-state index in [4.69, 9.17) is 0 Å². The number of piperidine rings is 3. The van der Waals surface area contributed by atoms with Gasteiger partial charge in [0, 0.05) is 25.3 Å². The lowest BCUT2D eigenvalue weighted by Gasteiger charge is -2.56. The van der Waals surface area contributed by atoms with E-state index >= 15 is 0 Å². The van der Waals surface area contributed by atoms with Crippen molar-refractivity contribution in [3.63, 3.8) is 0 Å². The zero-order chi connectivity index (χ0) is 17.0. The Balaban J connectivity index is 1.55. The third kappa shape index (κ3) is 2.45. The molecule has 1 unspecified atom stereocenters. The van der Waals surface area contributed by atoms with Gasteiger partial charge in [0.2, 0.25) is 0 Å². The van der Waals surface area contributed by atoms with Gasteiger partial charge in [0.05, 0.1) is 51.6 Å². The van der Waals surface area contributed by atoms with Crippen LogP contribution in [-0.4, -0.2) is 35.0 Å². The first kappa shape index (κ1) is 15.6. The summed E-state index contributed by atoms with van der Waals surface area (Å²) >= 11 is 0. The molecule has 0 radical (unpaired) electrons. The molecule has 2 aromatic carbocycles. The van der Waals surface area contributed by atoms with Gasteiger partial charge in [0.1, 0.15) is 0 Å². The van der Waals surface area contributed by atoms with Crippen LogP contribution < -0.4 is 4.90 Å². The van der Waals surface area contributed by atoms with Crippen molar-refractivity contribution in [3.05, 3.63) is 53.7 Å². The van der Waals surface area contributed by atoms with Crippen LogP contribution in [0.4, 0.5) is 11.4 Å². The van der Waals surface area contributed by atoms with Crippen molar-refractivity contribution in [1.82, 2.24) is 0 Å². The molecule has 2 bridgehead atoms. The van der Waals surface area contributed by atoms with Crippen LogP contribution >= 0.6 is 0 Å². The maximum Gasteiger partial charge on any atom is 0.0892 e. The third-order valence-corrected chi connectivity index (χ3v) is 7.67. The van der Waals surface area contributed by atoms with Crippen LogP contribution in [0.2, 0.25) is 0 Å². The molecule has 0 spiro atoms. The summed E-state index contributed by atoms with van der Waals surface area (Å²) in [5, 5.41) is 12.8. The van der Waals surface area contributed by atoms with E-state index < -0.39 is 10.8 Å². The fourth-order valence-corrected chi connectivity index (χ4v) is 6.23. The minimum atomic E-state index is -1.13. The number of benzene rings is 2. The summed E-state index contributed by atoms with van der Waals surface area (Å²) in [4.78, 5) is 4.08. The molecule has 1 atom stereocenters. The molecule has 3 fully saturated rings. The Labute approximate surface area is 150 Å². The molecular formula is C20H22N2O2S. The maximum absolute atomic E-state index is 13.0. The molecule has 4 aliphatic rings. The van der Waals surface area contributed by atoms with Gasteiger partial charge in [-0.15, -0.1) is 0 Å². The molecule has 4 aliphatic heterocycles. The molecule has 0 N–H and O–H groups in total. The SMILES string of the molecule is O=S1c2ccccc2N(CC2C[N+]3([O-])CCC2CC3)c2ccccc21. The van der Waals surface area contributed by atoms with E-state index in [9.17, 15) is 9.42 Å². The molecule has 4 heterocycles. The fraction of sp³-hybridized carbons (Fsp3) is 0.400. The Morgan fingerprint density at radius 2 is 1.56 bits per heavy atom. The highest BCUT2D eigenvalue weighted by Gasteiger charge is 2.42. The molecule has 25 heavy (non-hydrogen) atoms. The van der Waals surface area contributed by atoms with E-state index in [0.717, 1.165) is 60.2 Å². The molecule has 3 saturated heterocycles. The van der Waals surface area contributed by atoms with Gasteiger partial charge in [-0.3, -0.25) is 0 Å². The number of hydroxylamine groups is 3. The number of hydrogen-bond acceptors (Lipinski definition) is 3. The Hall–Kier alpha value is -1.69. The van der Waals surface area contributed by atoms with E-state index in [1.54, 1.807) is 0 Å². The van der Waals surface area contributed by atoms with Crippen LogP contribution in [0.3, 0.4) is 0 Å². The van der Waals surface area contributed by atoms with Gasteiger partial charge in [-0.25, -0.2) is 4.21 Å². The summed E-state index contributed by atoms with van der Waals surface area (Å²) in [5.41, 5.74) is 2.07. The van der Waals surface area contributed by atoms with Crippen molar-refractivity contribution < 1.29 is 8.86 Å². The monoisotopic (exact) mass is 354 g/mol. The molecular weight excluding hydrogens is 332 g/mol. The quantitative estimate of drug-likeness (QED) is 0.611. The molecule has 0 saturated carbocycles. The molecule has 0 amide bonds. The Morgan fingerprint density at radius 3 is 2.12 bits per heavy atom. The van der Waals surface area contributed by atoms with Crippen molar-refractivity contribution in [1.29, 1.82) is 0 Å². The normalized spacial score (nSPS) is 30.8. The van der Waals surface area contributed by atoms with E-state index in [0.29, 0.717) is 11.8 Å². The van der Waals surface area contributed by atoms with E-state index in [2.05, 4.69) is 17.0 Å². The summed E-state index contributed by atoms with van der Waals surface area (Å²) in [7, 11) is -1.13. The first-order valence-electron chi connectivity index (χ1n) is 9.09. The van der Waals surface area contributed by atoms with E-state index in [1.165, 1.54) is 0 Å². The number of para-hydroxylation sites is 2. The predicted octanol–water partition coefficient (Wildman–Crippen LogP) is 3.66. The lowest BCUT2D eigenvalue weighted by molar-refractivity contribution is -0.901. The third-order valence-electron chi connectivity index (χ3n) is 6.18. The van der Waals surface area contributed by atoms with Gasteiger partial charge in [-0.1, -0.05) is 24.3 Å². The average Bonchev–Trinajstić information content (AvgIpc) is 2.65. The second kappa shape index (κ2) is 5.66. The van der Waals surface area contributed by atoms with Gasteiger partial charge in [0.25, 0.3) is 0 Å². The van der Waals surface area contributed by atoms with Crippen LogP contribution in [-0.2, 0) is 10.8 Å². The van der Waals surface area contributed by atoms with Crippen LogP contribution in [0.1, 0.15) is 12.8 Å². The Morgan fingerprint density at radius 1 is 1.00 bits per heavy atom. The zero-order valence-electron chi connectivity index (χ0n) is 14.1. The Bertz CT molecular complexity index is 796. The molecule has 0 aliphatic carbocycles. The largest absolute Gasteiger partial charge is 0.633 e. The number of quaternary nitrogens is 1. The number of hydrogen-bond donors (Lipinski definition) is 0. The van der Waals surface area contributed by atoms with Gasteiger partial charge in [-0.05, 0) is 30.2 Å². The first-order valence-corrected chi connectivity index (χ1v) is 10.2. The highest BCUT2D eigenvalue weighted by atomic mass is 32.2. The van der Waals surface area contributed by atoms with Crippen LogP contribution in [0.15, 0.2) is 58.3 Å². The second-order valence-corrected chi connectivity index (χ2v) is 9.02. The van der Waals surface area contributed by atoms with Gasteiger partial charge in [0.15, 0.2) is 0 Å². The molecule has 4 nitrogen and oxygen atoms in total. The maximum atomic E-state index is 13.0. The summed E-state index contributed by atoms with van der Waals surface area (Å²) in [6.07, 6.45) is 2.11. The van der Waals surface area contributed by atoms with Crippen LogP contribution in [0.25, 0.3) is 0 Å². The van der Waals surface area contributed by atoms with Crippen LogP contribution in [0.5, 0.6) is 0 Å². The highest BCUT2D eigenvalue weighted by Crippen LogP contribution is 2.44. The minimum absolute atomic E-state index is 0.00969. The van der Waals surface area contributed by atoms with Crippen LogP contribution in [0, 0.1) is 17.0 Å². The van der Waals surface area contributed by atoms with Crippen molar-refractivity contribution in [3.8, 4) is 0 Å². The van der Waals surface area contributed by atoms with Crippen molar-refractivity contribution in [2.75, 3.05) is 31.1 Å². The number of fused-ring (bicyclic) bond motifs is 5. The number of nitrogens with zero attached hydrogens (tertiary/aromatic N) is 2. The summed E-state index contributed by atoms with van der Waals surface area (Å²) < 4.78 is 12.9. The van der Waals surface area contributed by atoms with E-state index in [-0.39, 0.29) is 4.65 Å². The highest BCUT2D eigenvalue weighted by molar-refractivity contribution is 7.85. The molecule has 5 heteroatoms. The number of rotatable bonds is 2. The molecule has 130 valence electrons. The van der Waals surface area contributed by atoms with E-state index in [1.807, 2.05) is 36.4 Å². The summed E-state index contributed by atoms with van der Waals surface area (Å²) in [6.45, 7) is 3.16. The van der Waals surface area contributed by atoms with Crippen molar-refractivity contribution in [2.24, 2.45) is 11.8 Å². The lowest BCUT2D eigenvalue weighted by Crippen LogP contribution is -2.59. The minimum Gasteiger partial charge on any atom is -0.633 e. The summed E-state index contributed by atoms with van der Waals surface area (Å²) in [6, 6.07) is 16.0. The lowest BCUT2D eigenvalue weighted by atomic mass is 9.78. The Kier molecular flexibility index (Phi) is 3.52.